The van der Waals surface area contributed by atoms with Crippen molar-refractivity contribution < 1.29 is 22.4 Å². The van der Waals surface area contributed by atoms with E-state index in [0.29, 0.717) is 22.9 Å². The number of aryl methyl sites for hydroxylation is 2. The summed E-state index contributed by atoms with van der Waals surface area (Å²) in [5.74, 6) is -0.430. The molecule has 0 atom stereocenters. The zero-order chi connectivity index (χ0) is 25.2. The predicted molar refractivity (Wildman–Crippen MR) is 120 cm³/mol. The van der Waals surface area contributed by atoms with Crippen molar-refractivity contribution in [1.82, 2.24) is 24.5 Å². The van der Waals surface area contributed by atoms with Gasteiger partial charge in [0.2, 0.25) is 11.9 Å². The van der Waals surface area contributed by atoms with Crippen molar-refractivity contribution in [3.8, 4) is 11.1 Å². The van der Waals surface area contributed by atoms with Crippen LogP contribution >= 0.6 is 0 Å². The predicted octanol–water partition coefficient (Wildman–Crippen LogP) is 4.66. The van der Waals surface area contributed by atoms with E-state index in [1.807, 2.05) is 7.05 Å². The van der Waals surface area contributed by atoms with Gasteiger partial charge >= 0.3 is 6.18 Å². The summed E-state index contributed by atoms with van der Waals surface area (Å²) in [6.45, 7) is 1.22. The molecule has 35 heavy (non-hydrogen) atoms. The third kappa shape index (κ3) is 5.78. The number of pyridine rings is 1. The van der Waals surface area contributed by atoms with E-state index in [1.165, 1.54) is 31.5 Å². The average Bonchev–Trinajstić information content (AvgIpc) is 3.20. The van der Waals surface area contributed by atoms with Crippen LogP contribution in [0.3, 0.4) is 0 Å². The van der Waals surface area contributed by atoms with Crippen molar-refractivity contribution >= 4 is 23.4 Å². The van der Waals surface area contributed by atoms with E-state index in [-0.39, 0.29) is 23.4 Å². The number of halogens is 4. The van der Waals surface area contributed by atoms with Crippen LogP contribution in [0.5, 0.6) is 0 Å². The number of nitrogens with one attached hydrogen (secondary N) is 2. The highest BCUT2D eigenvalue weighted by Gasteiger charge is 2.33. The fourth-order valence-electron chi connectivity index (χ4n) is 3.27. The molecule has 180 valence electrons. The van der Waals surface area contributed by atoms with E-state index in [1.54, 1.807) is 23.2 Å². The average molecular weight is 485 g/mol. The van der Waals surface area contributed by atoms with Gasteiger partial charge in [0.25, 0.3) is 0 Å². The number of anilines is 3. The van der Waals surface area contributed by atoms with Crippen molar-refractivity contribution in [2.75, 3.05) is 10.6 Å². The largest absolute Gasteiger partial charge is 0.418 e. The van der Waals surface area contributed by atoms with Gasteiger partial charge in [-0.3, -0.25) is 9.78 Å². The van der Waals surface area contributed by atoms with Gasteiger partial charge in [0.15, 0.2) is 5.82 Å². The molecule has 0 spiro atoms. The molecule has 0 radical (unpaired) electrons. The second-order valence-electron chi connectivity index (χ2n) is 7.73. The smallest absolute Gasteiger partial charge is 0.338 e. The fraction of sp³-hybridized carbons (Fsp3) is 0.174. The Kier molecular flexibility index (Phi) is 6.45. The molecular formula is C23H19F4N7O. The first-order chi connectivity index (χ1) is 16.6. The summed E-state index contributed by atoms with van der Waals surface area (Å²) in [6, 6.07) is 5.07. The van der Waals surface area contributed by atoms with Gasteiger partial charge < -0.3 is 15.2 Å². The molecule has 2 N–H and O–H groups in total. The van der Waals surface area contributed by atoms with Crippen LogP contribution in [0.4, 0.5) is 35.0 Å². The minimum atomic E-state index is -4.60. The van der Waals surface area contributed by atoms with Gasteiger partial charge in [-0.05, 0) is 30.2 Å². The SMILES string of the molecule is Cc1ncc(NC(=O)Cc2ccc(-c3cnc(Nc4cn(C)cn4)nc3)cc2F)cc1C(F)(F)F. The van der Waals surface area contributed by atoms with Crippen molar-refractivity contribution in [1.29, 1.82) is 0 Å². The summed E-state index contributed by atoms with van der Waals surface area (Å²) >= 11 is 0. The quantitative estimate of drug-likeness (QED) is 0.386. The molecule has 4 rings (SSSR count). The van der Waals surface area contributed by atoms with Gasteiger partial charge in [0.1, 0.15) is 5.82 Å². The lowest BCUT2D eigenvalue weighted by atomic mass is 10.0. The number of alkyl halides is 3. The van der Waals surface area contributed by atoms with Crippen molar-refractivity contribution in [2.24, 2.45) is 7.05 Å². The minimum Gasteiger partial charge on any atom is -0.338 e. The van der Waals surface area contributed by atoms with Gasteiger partial charge in [-0.1, -0.05) is 12.1 Å². The maximum atomic E-state index is 14.7. The summed E-state index contributed by atoms with van der Waals surface area (Å²) < 4.78 is 55.6. The number of rotatable bonds is 6. The van der Waals surface area contributed by atoms with E-state index < -0.39 is 23.5 Å². The molecule has 0 aliphatic carbocycles. The van der Waals surface area contributed by atoms with E-state index in [2.05, 4.69) is 30.6 Å². The highest BCUT2D eigenvalue weighted by molar-refractivity contribution is 5.92. The molecule has 1 amide bonds. The Bertz CT molecular complexity index is 1370. The molecule has 3 heterocycles. The van der Waals surface area contributed by atoms with E-state index >= 15 is 0 Å². The number of nitrogens with zero attached hydrogens (tertiary/aromatic N) is 5. The number of hydrogen-bond donors (Lipinski definition) is 2. The Hall–Kier alpha value is -4.35. The third-order valence-electron chi connectivity index (χ3n) is 5.01. The number of amides is 1. The first kappa shape index (κ1) is 23.8. The van der Waals surface area contributed by atoms with Crippen LogP contribution < -0.4 is 10.6 Å². The molecule has 0 saturated heterocycles. The summed E-state index contributed by atoms with van der Waals surface area (Å²) in [5, 5.41) is 5.27. The highest BCUT2D eigenvalue weighted by atomic mass is 19.4. The summed E-state index contributed by atoms with van der Waals surface area (Å²) in [7, 11) is 1.83. The lowest BCUT2D eigenvalue weighted by Gasteiger charge is -2.12. The second-order valence-corrected chi connectivity index (χ2v) is 7.73. The van der Waals surface area contributed by atoms with Crippen molar-refractivity contribution in [2.45, 2.75) is 19.5 Å². The van der Waals surface area contributed by atoms with Crippen molar-refractivity contribution in [3.63, 3.8) is 0 Å². The van der Waals surface area contributed by atoms with Crippen LogP contribution in [-0.2, 0) is 24.4 Å². The van der Waals surface area contributed by atoms with E-state index in [4.69, 9.17) is 0 Å². The molecule has 3 aromatic heterocycles. The van der Waals surface area contributed by atoms with Crippen LogP contribution in [0, 0.1) is 12.7 Å². The summed E-state index contributed by atoms with van der Waals surface area (Å²) in [4.78, 5) is 28.5. The molecule has 0 fully saturated rings. The first-order valence-corrected chi connectivity index (χ1v) is 10.3. The Morgan fingerprint density at radius 3 is 2.40 bits per heavy atom. The third-order valence-corrected chi connectivity index (χ3v) is 5.01. The second kappa shape index (κ2) is 9.49. The molecule has 12 heteroatoms. The molecule has 0 aliphatic heterocycles. The lowest BCUT2D eigenvalue weighted by Crippen LogP contribution is -2.17. The molecule has 0 saturated carbocycles. The van der Waals surface area contributed by atoms with Gasteiger partial charge in [0.05, 0.1) is 30.2 Å². The fourth-order valence-corrected chi connectivity index (χ4v) is 3.27. The summed E-state index contributed by atoms with van der Waals surface area (Å²) in [5.41, 5.74) is -0.153. The van der Waals surface area contributed by atoms with Gasteiger partial charge in [-0.2, -0.15) is 13.2 Å². The standard InChI is InChI=1S/C23H19F4N7O/c1-13-18(23(25,26)27)7-17(10-28-13)32-21(35)6-15-4-3-14(5-19(15)24)16-8-29-22(30-9-16)33-20-11-34(2)12-31-20/h3-5,7-12H,6H2,1-2H3,(H,32,35)(H,29,30,33). The number of carbonyl (C=O) groups excluding carboxylic acids is 1. The number of imidazole rings is 1. The monoisotopic (exact) mass is 485 g/mol. The molecule has 0 unspecified atom stereocenters. The van der Waals surface area contributed by atoms with Crippen LogP contribution in [0.2, 0.25) is 0 Å². The molecule has 0 bridgehead atoms. The molecule has 0 aliphatic rings. The number of benzene rings is 1. The van der Waals surface area contributed by atoms with Crippen molar-refractivity contribution in [3.05, 3.63) is 78.0 Å². The first-order valence-electron chi connectivity index (χ1n) is 10.3. The molecule has 4 aromatic rings. The van der Waals surface area contributed by atoms with Crippen LogP contribution in [0.25, 0.3) is 11.1 Å². The Morgan fingerprint density at radius 1 is 1.03 bits per heavy atom. The number of hydrogen-bond acceptors (Lipinski definition) is 6. The highest BCUT2D eigenvalue weighted by Crippen LogP contribution is 2.32. The van der Waals surface area contributed by atoms with Crippen LogP contribution in [0.1, 0.15) is 16.8 Å². The van der Waals surface area contributed by atoms with Gasteiger partial charge in [-0.25, -0.2) is 19.3 Å². The number of aromatic nitrogens is 5. The van der Waals surface area contributed by atoms with E-state index in [9.17, 15) is 22.4 Å². The number of carbonyl (C=O) groups is 1. The topological polar surface area (TPSA) is 97.6 Å². The Balaban J connectivity index is 1.42. The van der Waals surface area contributed by atoms with Gasteiger partial charge in [0, 0.05) is 36.9 Å². The molecule has 8 nitrogen and oxygen atoms in total. The Morgan fingerprint density at radius 2 is 1.77 bits per heavy atom. The minimum absolute atomic E-state index is 0.0803. The Labute approximate surface area is 197 Å². The van der Waals surface area contributed by atoms with Gasteiger partial charge in [-0.15, -0.1) is 0 Å². The maximum Gasteiger partial charge on any atom is 0.418 e. The maximum absolute atomic E-state index is 14.7. The van der Waals surface area contributed by atoms with E-state index in [0.717, 1.165) is 12.3 Å². The zero-order valence-electron chi connectivity index (χ0n) is 18.6. The zero-order valence-corrected chi connectivity index (χ0v) is 18.6. The summed E-state index contributed by atoms with van der Waals surface area (Å²) in [6.07, 6.45) is 2.56. The normalized spacial score (nSPS) is 11.4. The molecule has 1 aromatic carbocycles. The van der Waals surface area contributed by atoms with Crippen LogP contribution in [-0.4, -0.2) is 30.4 Å². The van der Waals surface area contributed by atoms with Crippen LogP contribution in [0.15, 0.2) is 55.4 Å². The lowest BCUT2D eigenvalue weighted by molar-refractivity contribution is -0.138. The molecular weight excluding hydrogens is 466 g/mol.